The van der Waals surface area contributed by atoms with Gasteiger partial charge in [-0.05, 0) is 87.8 Å². The molecule has 0 fully saturated rings. The minimum absolute atomic E-state index is 0.325. The standard InChI is InChI=1S/C39H44N2/c1-4-5-13-31(2)28-29-40(35-15-8-6-9-16-35)36-24-20-33(21-25-36)34-22-26-38(27-23-34)41(37-17-10-7-11-18-37)39-19-12-14-32(3)30-39/h4-8,10-11,13-15,17-18,20-24,26,28,30,36,38H,1,9,12,16,19,25,27,29H2,2-3H3/b13-5-,31-28-. The van der Waals surface area contributed by atoms with Gasteiger partial charge >= 0.3 is 0 Å². The number of para-hydroxylation sites is 1. The number of anilines is 1. The predicted octanol–water partition coefficient (Wildman–Crippen LogP) is 9.85. The van der Waals surface area contributed by atoms with Gasteiger partial charge in [0.05, 0.1) is 12.1 Å². The Labute approximate surface area is 247 Å². The average Bonchev–Trinajstić information content (AvgIpc) is 3.02. The van der Waals surface area contributed by atoms with Crippen LogP contribution >= 0.6 is 0 Å². The molecule has 2 unspecified atom stereocenters. The van der Waals surface area contributed by atoms with Crippen molar-refractivity contribution in [3.05, 3.63) is 162 Å². The average molecular weight is 541 g/mol. The summed E-state index contributed by atoms with van der Waals surface area (Å²) in [6, 6.07) is 11.6. The number of rotatable bonds is 10. The summed E-state index contributed by atoms with van der Waals surface area (Å²) in [6.07, 6.45) is 40.6. The highest BCUT2D eigenvalue weighted by Crippen LogP contribution is 2.34. The smallest absolute Gasteiger partial charge is 0.0557 e. The molecule has 0 N–H and O–H groups in total. The van der Waals surface area contributed by atoms with Crippen LogP contribution in [0.1, 0.15) is 52.4 Å². The maximum Gasteiger partial charge on any atom is 0.0557 e. The summed E-state index contributed by atoms with van der Waals surface area (Å²) in [5.41, 5.74) is 9.44. The second-order valence-electron chi connectivity index (χ2n) is 11.3. The molecule has 0 aromatic heterocycles. The maximum absolute atomic E-state index is 3.80. The Morgan fingerprint density at radius 3 is 2.29 bits per heavy atom. The van der Waals surface area contributed by atoms with Gasteiger partial charge in [0.15, 0.2) is 0 Å². The van der Waals surface area contributed by atoms with Crippen molar-refractivity contribution < 1.29 is 0 Å². The van der Waals surface area contributed by atoms with Crippen molar-refractivity contribution in [2.45, 2.75) is 64.5 Å². The number of nitrogens with zero attached hydrogens (tertiary/aromatic N) is 2. The van der Waals surface area contributed by atoms with E-state index in [4.69, 9.17) is 0 Å². The van der Waals surface area contributed by atoms with E-state index in [2.05, 4.69) is 140 Å². The van der Waals surface area contributed by atoms with Crippen LogP contribution in [0.5, 0.6) is 0 Å². The Hall–Kier alpha value is -4.04. The van der Waals surface area contributed by atoms with Gasteiger partial charge in [0.1, 0.15) is 0 Å². The van der Waals surface area contributed by atoms with Crippen molar-refractivity contribution in [2.24, 2.45) is 0 Å². The van der Waals surface area contributed by atoms with Crippen LogP contribution in [0.25, 0.3) is 0 Å². The summed E-state index contributed by atoms with van der Waals surface area (Å²) < 4.78 is 0. The van der Waals surface area contributed by atoms with Crippen molar-refractivity contribution >= 4 is 5.69 Å². The fraction of sp³-hybridized carbons (Fsp3) is 0.282. The van der Waals surface area contributed by atoms with E-state index in [0.29, 0.717) is 12.1 Å². The van der Waals surface area contributed by atoms with E-state index in [-0.39, 0.29) is 0 Å². The minimum atomic E-state index is 0.325. The Morgan fingerprint density at radius 2 is 1.66 bits per heavy atom. The van der Waals surface area contributed by atoms with E-state index in [1.54, 1.807) is 0 Å². The van der Waals surface area contributed by atoms with Crippen molar-refractivity contribution in [3.63, 3.8) is 0 Å². The van der Waals surface area contributed by atoms with Gasteiger partial charge in [-0.15, -0.1) is 0 Å². The Morgan fingerprint density at radius 1 is 0.927 bits per heavy atom. The second kappa shape index (κ2) is 14.0. The number of hydrogen-bond donors (Lipinski definition) is 0. The van der Waals surface area contributed by atoms with E-state index in [0.717, 1.165) is 45.1 Å². The van der Waals surface area contributed by atoms with E-state index in [1.807, 2.05) is 12.2 Å². The molecule has 4 aliphatic carbocycles. The van der Waals surface area contributed by atoms with Crippen LogP contribution in [0.3, 0.4) is 0 Å². The molecule has 0 aliphatic heterocycles. The molecule has 41 heavy (non-hydrogen) atoms. The van der Waals surface area contributed by atoms with Gasteiger partial charge < -0.3 is 9.80 Å². The molecule has 5 rings (SSSR count). The topological polar surface area (TPSA) is 6.48 Å². The fourth-order valence-corrected chi connectivity index (χ4v) is 6.08. The van der Waals surface area contributed by atoms with Crippen molar-refractivity contribution in [2.75, 3.05) is 11.4 Å². The quantitative estimate of drug-likeness (QED) is 0.273. The van der Waals surface area contributed by atoms with E-state index in [9.17, 15) is 0 Å². The molecule has 2 atom stereocenters. The monoisotopic (exact) mass is 540 g/mol. The minimum Gasteiger partial charge on any atom is -0.364 e. The highest BCUT2D eigenvalue weighted by molar-refractivity contribution is 5.58. The molecule has 0 saturated heterocycles. The van der Waals surface area contributed by atoms with Crippen molar-refractivity contribution in [3.8, 4) is 0 Å². The van der Waals surface area contributed by atoms with E-state index < -0.39 is 0 Å². The molecule has 0 saturated carbocycles. The molecule has 0 bridgehead atoms. The highest BCUT2D eigenvalue weighted by atomic mass is 15.2. The Balaban J connectivity index is 1.29. The third kappa shape index (κ3) is 7.38. The SMILES string of the molecule is C=C/C=C\C(C)=C/CN(C1=CC=CCC1)C1C=CC(C2=CCC(N(C3=CC(C)=CCC3)c3ccccc3)C=C2)=CC1. The third-order valence-corrected chi connectivity index (χ3v) is 8.29. The molecule has 0 radical (unpaired) electrons. The summed E-state index contributed by atoms with van der Waals surface area (Å²) >= 11 is 0. The molecule has 2 nitrogen and oxygen atoms in total. The van der Waals surface area contributed by atoms with Gasteiger partial charge in [-0.25, -0.2) is 0 Å². The highest BCUT2D eigenvalue weighted by Gasteiger charge is 2.24. The first-order chi connectivity index (χ1) is 20.1. The van der Waals surface area contributed by atoms with Gasteiger partial charge in [0.2, 0.25) is 0 Å². The number of benzene rings is 1. The molecule has 0 heterocycles. The predicted molar refractivity (Wildman–Crippen MR) is 178 cm³/mol. The van der Waals surface area contributed by atoms with Gasteiger partial charge in [-0.1, -0.05) is 115 Å². The van der Waals surface area contributed by atoms with Crippen LogP contribution in [-0.2, 0) is 0 Å². The van der Waals surface area contributed by atoms with Gasteiger partial charge in [-0.3, -0.25) is 0 Å². The Kier molecular flexibility index (Phi) is 9.75. The molecule has 1 aromatic carbocycles. The molecule has 0 spiro atoms. The zero-order valence-electron chi connectivity index (χ0n) is 24.8. The molecular formula is C39H44N2. The van der Waals surface area contributed by atoms with E-state index in [1.165, 1.54) is 39.4 Å². The first-order valence-corrected chi connectivity index (χ1v) is 15.2. The second-order valence-corrected chi connectivity index (χ2v) is 11.3. The summed E-state index contributed by atoms with van der Waals surface area (Å²) in [6.45, 7) is 9.09. The first kappa shape index (κ1) is 28.5. The lowest BCUT2D eigenvalue weighted by molar-refractivity contribution is 0.308. The summed E-state index contributed by atoms with van der Waals surface area (Å²) in [7, 11) is 0. The summed E-state index contributed by atoms with van der Waals surface area (Å²) in [4.78, 5) is 5.12. The van der Waals surface area contributed by atoms with Gasteiger partial charge in [-0.2, -0.15) is 0 Å². The van der Waals surface area contributed by atoms with Crippen LogP contribution in [-0.4, -0.2) is 23.5 Å². The van der Waals surface area contributed by atoms with E-state index >= 15 is 0 Å². The van der Waals surface area contributed by atoms with Crippen LogP contribution in [0.2, 0.25) is 0 Å². The van der Waals surface area contributed by atoms with Crippen LogP contribution < -0.4 is 4.90 Å². The zero-order valence-corrected chi connectivity index (χ0v) is 24.8. The lowest BCUT2D eigenvalue weighted by atomic mass is 9.90. The van der Waals surface area contributed by atoms with Crippen LogP contribution in [0, 0.1) is 0 Å². The molecule has 0 amide bonds. The lowest BCUT2D eigenvalue weighted by Gasteiger charge is -2.36. The summed E-state index contributed by atoms with van der Waals surface area (Å²) in [5, 5.41) is 0. The molecule has 2 heteroatoms. The first-order valence-electron chi connectivity index (χ1n) is 15.2. The van der Waals surface area contributed by atoms with Crippen LogP contribution in [0.15, 0.2) is 162 Å². The lowest BCUT2D eigenvalue weighted by Crippen LogP contribution is -2.35. The summed E-state index contributed by atoms with van der Waals surface area (Å²) in [5.74, 6) is 0. The number of hydrogen-bond acceptors (Lipinski definition) is 2. The molecule has 4 aliphatic rings. The zero-order chi connectivity index (χ0) is 28.4. The van der Waals surface area contributed by atoms with Crippen molar-refractivity contribution in [1.29, 1.82) is 0 Å². The van der Waals surface area contributed by atoms with Gasteiger partial charge in [0, 0.05) is 23.6 Å². The van der Waals surface area contributed by atoms with Gasteiger partial charge in [0.25, 0.3) is 0 Å². The third-order valence-electron chi connectivity index (χ3n) is 8.29. The number of allylic oxidation sites excluding steroid dienone is 16. The Bertz CT molecular complexity index is 1400. The van der Waals surface area contributed by atoms with Crippen molar-refractivity contribution in [1.82, 2.24) is 4.90 Å². The fourth-order valence-electron chi connectivity index (χ4n) is 6.08. The molecule has 210 valence electrons. The maximum atomic E-state index is 3.80. The largest absolute Gasteiger partial charge is 0.364 e. The van der Waals surface area contributed by atoms with Crippen LogP contribution in [0.4, 0.5) is 5.69 Å². The normalized spacial score (nSPS) is 22.5. The molecular weight excluding hydrogens is 496 g/mol. The molecule has 1 aromatic rings.